The monoisotopic (exact) mass is 387 g/mol. The van der Waals surface area contributed by atoms with Crippen LogP contribution in [0.3, 0.4) is 0 Å². The van der Waals surface area contributed by atoms with Gasteiger partial charge in [-0.15, -0.1) is 11.3 Å². The van der Waals surface area contributed by atoms with E-state index in [9.17, 15) is 13.2 Å². The molecule has 0 saturated carbocycles. The Morgan fingerprint density at radius 2 is 1.96 bits per heavy atom. The van der Waals surface area contributed by atoms with Gasteiger partial charge in [-0.2, -0.15) is 0 Å². The zero-order valence-corrected chi connectivity index (χ0v) is 15.8. The summed E-state index contributed by atoms with van der Waals surface area (Å²) in [6, 6.07) is 12.5. The van der Waals surface area contributed by atoms with Crippen LogP contribution in [0.25, 0.3) is 16.3 Å². The molecular formula is C18H17N3O3S2. The van der Waals surface area contributed by atoms with Crippen LogP contribution in [-0.4, -0.2) is 26.4 Å². The molecular weight excluding hydrogens is 370 g/mol. The van der Waals surface area contributed by atoms with Crippen LogP contribution in [0, 0.1) is 6.92 Å². The first-order valence-corrected chi connectivity index (χ1v) is 10.1. The fraction of sp³-hybridized carbons (Fsp3) is 0.111. The number of aromatic nitrogens is 1. The van der Waals surface area contributed by atoms with E-state index >= 15 is 0 Å². The number of nitrogens with one attached hydrogen (secondary N) is 2. The Bertz CT molecular complexity index is 1070. The predicted octanol–water partition coefficient (Wildman–Crippen LogP) is 3.16. The summed E-state index contributed by atoms with van der Waals surface area (Å²) >= 11 is 1.49. The van der Waals surface area contributed by atoms with E-state index in [0.29, 0.717) is 11.3 Å². The number of fused-ring (bicyclic) bond motifs is 1. The second kappa shape index (κ2) is 7.36. The molecule has 2 N–H and O–H groups in total. The van der Waals surface area contributed by atoms with E-state index in [4.69, 9.17) is 0 Å². The number of benzene rings is 2. The van der Waals surface area contributed by atoms with E-state index in [-0.39, 0.29) is 10.8 Å². The minimum atomic E-state index is -3.58. The van der Waals surface area contributed by atoms with E-state index < -0.39 is 10.0 Å². The number of amides is 1. The molecule has 1 aromatic heterocycles. The fourth-order valence-electron chi connectivity index (χ4n) is 2.37. The molecule has 8 heteroatoms. The van der Waals surface area contributed by atoms with Gasteiger partial charge in [0, 0.05) is 11.8 Å². The molecule has 26 heavy (non-hydrogen) atoms. The van der Waals surface area contributed by atoms with Gasteiger partial charge in [-0.3, -0.25) is 4.79 Å². The van der Waals surface area contributed by atoms with Crippen molar-refractivity contribution >= 4 is 49.2 Å². The zero-order chi connectivity index (χ0) is 18.7. The van der Waals surface area contributed by atoms with Gasteiger partial charge in [0.05, 0.1) is 15.1 Å². The number of carbonyl (C=O) groups is 1. The van der Waals surface area contributed by atoms with Gasteiger partial charge in [0.15, 0.2) is 0 Å². The molecule has 0 aliphatic carbocycles. The Morgan fingerprint density at radius 3 is 2.69 bits per heavy atom. The van der Waals surface area contributed by atoms with Crippen LogP contribution in [0.2, 0.25) is 0 Å². The first-order valence-electron chi connectivity index (χ1n) is 7.78. The highest BCUT2D eigenvalue weighted by Crippen LogP contribution is 2.23. The summed E-state index contributed by atoms with van der Waals surface area (Å²) in [6.45, 7) is 1.70. The highest BCUT2D eigenvalue weighted by Gasteiger charge is 2.15. The van der Waals surface area contributed by atoms with E-state index in [1.807, 2.05) is 24.3 Å². The molecule has 6 nitrogen and oxygen atoms in total. The van der Waals surface area contributed by atoms with Gasteiger partial charge in [0.2, 0.25) is 15.9 Å². The summed E-state index contributed by atoms with van der Waals surface area (Å²) in [7, 11) is -2.24. The predicted molar refractivity (Wildman–Crippen MR) is 105 cm³/mol. The summed E-state index contributed by atoms with van der Waals surface area (Å²) in [6.07, 6.45) is 3.02. The van der Waals surface area contributed by atoms with Crippen molar-refractivity contribution in [1.29, 1.82) is 0 Å². The molecule has 0 bridgehead atoms. The number of para-hydroxylation sites is 1. The van der Waals surface area contributed by atoms with Crippen molar-refractivity contribution in [1.82, 2.24) is 9.71 Å². The van der Waals surface area contributed by atoms with E-state index in [2.05, 4.69) is 15.0 Å². The molecule has 2 aromatic carbocycles. The number of carbonyl (C=O) groups excluding carboxylic acids is 1. The van der Waals surface area contributed by atoms with Crippen LogP contribution in [0.5, 0.6) is 0 Å². The number of rotatable bonds is 5. The average Bonchev–Trinajstić information content (AvgIpc) is 3.04. The Kier molecular flexibility index (Phi) is 5.17. The number of hydrogen-bond donors (Lipinski definition) is 2. The molecule has 0 radical (unpaired) electrons. The van der Waals surface area contributed by atoms with E-state index in [1.54, 1.807) is 25.1 Å². The van der Waals surface area contributed by atoms with Gasteiger partial charge in [0.1, 0.15) is 5.01 Å². The molecule has 0 fully saturated rings. The van der Waals surface area contributed by atoms with Crippen LogP contribution in [-0.2, 0) is 14.8 Å². The lowest BCUT2D eigenvalue weighted by Crippen LogP contribution is -2.20. The molecule has 134 valence electrons. The first kappa shape index (κ1) is 18.2. The van der Waals surface area contributed by atoms with Crippen LogP contribution >= 0.6 is 11.3 Å². The van der Waals surface area contributed by atoms with Gasteiger partial charge in [-0.05, 0) is 49.9 Å². The van der Waals surface area contributed by atoms with Crippen LogP contribution in [0.4, 0.5) is 5.69 Å². The molecule has 1 heterocycles. The molecule has 0 saturated heterocycles. The van der Waals surface area contributed by atoms with Gasteiger partial charge in [-0.25, -0.2) is 18.1 Å². The third kappa shape index (κ3) is 3.98. The second-order valence-electron chi connectivity index (χ2n) is 5.53. The van der Waals surface area contributed by atoms with Crippen LogP contribution < -0.4 is 10.0 Å². The Labute approximate surface area is 155 Å². The zero-order valence-electron chi connectivity index (χ0n) is 14.2. The summed E-state index contributed by atoms with van der Waals surface area (Å²) in [5, 5.41) is 3.39. The lowest BCUT2D eigenvalue weighted by atomic mass is 10.2. The third-order valence-corrected chi connectivity index (χ3v) is 6.26. The van der Waals surface area contributed by atoms with Crippen LogP contribution in [0.15, 0.2) is 53.4 Å². The minimum absolute atomic E-state index is 0.132. The number of thiazole rings is 1. The molecule has 0 spiro atoms. The van der Waals surface area contributed by atoms with Gasteiger partial charge >= 0.3 is 0 Å². The Morgan fingerprint density at radius 1 is 1.19 bits per heavy atom. The molecule has 3 aromatic rings. The van der Waals surface area contributed by atoms with Crippen molar-refractivity contribution in [2.45, 2.75) is 11.8 Å². The van der Waals surface area contributed by atoms with Crippen molar-refractivity contribution in [2.75, 3.05) is 12.4 Å². The molecule has 3 rings (SSSR count). The van der Waals surface area contributed by atoms with Crippen molar-refractivity contribution in [3.63, 3.8) is 0 Å². The van der Waals surface area contributed by atoms with Gasteiger partial charge in [-0.1, -0.05) is 18.2 Å². The maximum atomic E-state index is 12.1. The summed E-state index contributed by atoms with van der Waals surface area (Å²) in [4.78, 5) is 16.7. The van der Waals surface area contributed by atoms with Crippen LogP contribution in [0.1, 0.15) is 10.6 Å². The first-order chi connectivity index (χ1) is 12.4. The number of sulfonamides is 1. The lowest BCUT2D eigenvalue weighted by Gasteiger charge is -2.09. The van der Waals surface area contributed by atoms with Crippen molar-refractivity contribution in [3.05, 3.63) is 59.1 Å². The second-order valence-corrected chi connectivity index (χ2v) is 8.45. The molecule has 0 unspecified atom stereocenters. The number of aryl methyl sites for hydroxylation is 1. The highest BCUT2D eigenvalue weighted by molar-refractivity contribution is 7.89. The Hall–Kier alpha value is -2.55. The SMILES string of the molecule is CNS(=O)(=O)c1cc(NC(=O)/C=C/c2nc3ccccc3s2)ccc1C. The number of nitrogens with zero attached hydrogens (tertiary/aromatic N) is 1. The minimum Gasteiger partial charge on any atom is -0.322 e. The molecule has 1 amide bonds. The number of anilines is 1. The summed E-state index contributed by atoms with van der Waals surface area (Å²) in [5.74, 6) is -0.360. The molecule has 0 aliphatic heterocycles. The van der Waals surface area contributed by atoms with E-state index in [0.717, 1.165) is 15.2 Å². The maximum Gasteiger partial charge on any atom is 0.248 e. The summed E-state index contributed by atoms with van der Waals surface area (Å²) < 4.78 is 27.3. The third-order valence-electron chi connectivity index (χ3n) is 3.70. The van der Waals surface area contributed by atoms with Gasteiger partial charge in [0.25, 0.3) is 0 Å². The molecule has 0 atom stereocenters. The Balaban J connectivity index is 1.76. The topological polar surface area (TPSA) is 88.2 Å². The van der Waals surface area contributed by atoms with E-state index in [1.165, 1.54) is 30.5 Å². The average molecular weight is 387 g/mol. The fourth-order valence-corrected chi connectivity index (χ4v) is 4.23. The van der Waals surface area contributed by atoms with Crippen molar-refractivity contribution in [2.24, 2.45) is 0 Å². The largest absolute Gasteiger partial charge is 0.322 e. The normalized spacial score (nSPS) is 11.9. The van der Waals surface area contributed by atoms with Crippen molar-refractivity contribution < 1.29 is 13.2 Å². The smallest absolute Gasteiger partial charge is 0.248 e. The quantitative estimate of drug-likeness (QED) is 0.658. The standard InChI is InChI=1S/C18H17N3O3S2/c1-12-7-8-13(11-16(12)26(23,24)19-2)20-17(22)9-10-18-21-14-5-3-4-6-15(14)25-18/h3-11,19H,1-2H3,(H,20,22)/b10-9+. The lowest BCUT2D eigenvalue weighted by molar-refractivity contribution is -0.111. The van der Waals surface area contributed by atoms with Gasteiger partial charge < -0.3 is 5.32 Å². The highest BCUT2D eigenvalue weighted by atomic mass is 32.2. The summed E-state index contributed by atoms with van der Waals surface area (Å²) in [5.41, 5.74) is 1.89. The maximum absolute atomic E-state index is 12.1. The van der Waals surface area contributed by atoms with Crippen molar-refractivity contribution in [3.8, 4) is 0 Å². The molecule has 0 aliphatic rings. The number of hydrogen-bond acceptors (Lipinski definition) is 5.